The number of carbonyl (C=O) groups excluding carboxylic acids is 2. The van der Waals surface area contributed by atoms with E-state index in [4.69, 9.17) is 10.5 Å². The maximum atomic E-state index is 12.9. The number of rotatable bonds is 7. The molecule has 9 nitrogen and oxygen atoms in total. The summed E-state index contributed by atoms with van der Waals surface area (Å²) in [5, 5.41) is 13.2. The third-order valence-electron chi connectivity index (χ3n) is 7.32. The largest absolute Gasteiger partial charge is 0.489 e. The van der Waals surface area contributed by atoms with E-state index in [9.17, 15) is 14.9 Å². The standard InChI is InChI=1S/C30H30N6O3/c1-2-35-12-8-21(9-13-35)20-3-5-22(6-4-20)29(37)34-28-17-26(7-11-33-28)39-19-25-15-23-10-14-36(30(32)38)27(23)16-24(25)18-31/h3-7,10-11,14-17,21H,2,8-9,12-13,19H2,1H3,(H2,32,38)(H,33,34,37). The molecule has 198 valence electrons. The molecule has 0 bridgehead atoms. The SMILES string of the molecule is CCN1CCC(c2ccc(C(=O)Nc3cc(OCc4cc5ccn(C(N)=O)c5cc4C#N)ccn3)cc2)CC1. The second kappa shape index (κ2) is 11.4. The molecule has 0 saturated carbocycles. The van der Waals surface area contributed by atoms with Gasteiger partial charge in [-0.3, -0.25) is 9.36 Å². The number of amides is 2. The van der Waals surface area contributed by atoms with Gasteiger partial charge in [-0.1, -0.05) is 19.1 Å². The fraction of sp³-hybridized carbons (Fsp3) is 0.267. The van der Waals surface area contributed by atoms with E-state index in [1.807, 2.05) is 12.1 Å². The van der Waals surface area contributed by atoms with E-state index in [1.54, 1.807) is 42.7 Å². The lowest BCUT2D eigenvalue weighted by molar-refractivity contribution is 0.102. The summed E-state index contributed by atoms with van der Waals surface area (Å²) in [6.07, 6.45) is 5.40. The highest BCUT2D eigenvalue weighted by Crippen LogP contribution is 2.28. The van der Waals surface area contributed by atoms with Crippen LogP contribution < -0.4 is 15.8 Å². The number of hydrogen-bond acceptors (Lipinski definition) is 6. The lowest BCUT2D eigenvalue weighted by atomic mass is 9.89. The Morgan fingerprint density at radius 3 is 2.59 bits per heavy atom. The molecule has 4 aromatic rings. The molecule has 3 heterocycles. The van der Waals surface area contributed by atoms with E-state index in [1.165, 1.54) is 10.1 Å². The number of likely N-dealkylation sites (tertiary alicyclic amines) is 1. The number of nitrogens with zero attached hydrogens (tertiary/aromatic N) is 4. The molecule has 39 heavy (non-hydrogen) atoms. The van der Waals surface area contributed by atoms with Gasteiger partial charge < -0.3 is 20.7 Å². The Balaban J connectivity index is 1.22. The van der Waals surface area contributed by atoms with Crippen LogP contribution >= 0.6 is 0 Å². The van der Waals surface area contributed by atoms with Crippen LogP contribution in [-0.2, 0) is 6.61 Å². The van der Waals surface area contributed by atoms with Gasteiger partial charge in [0.15, 0.2) is 0 Å². The highest BCUT2D eigenvalue weighted by atomic mass is 16.5. The summed E-state index contributed by atoms with van der Waals surface area (Å²) in [7, 11) is 0. The molecule has 0 aliphatic carbocycles. The zero-order valence-electron chi connectivity index (χ0n) is 21.8. The smallest absolute Gasteiger partial charge is 0.323 e. The molecule has 0 unspecified atom stereocenters. The minimum Gasteiger partial charge on any atom is -0.489 e. The number of pyridine rings is 1. The van der Waals surface area contributed by atoms with Crippen molar-refractivity contribution in [2.24, 2.45) is 5.73 Å². The van der Waals surface area contributed by atoms with Crippen molar-refractivity contribution in [3.63, 3.8) is 0 Å². The number of nitrogens with one attached hydrogen (secondary N) is 1. The lowest BCUT2D eigenvalue weighted by Crippen LogP contribution is -2.32. The highest BCUT2D eigenvalue weighted by molar-refractivity contribution is 6.03. The van der Waals surface area contributed by atoms with Crippen LogP contribution in [0.5, 0.6) is 5.75 Å². The predicted molar refractivity (Wildman–Crippen MR) is 149 cm³/mol. The van der Waals surface area contributed by atoms with E-state index < -0.39 is 6.03 Å². The van der Waals surface area contributed by atoms with Crippen molar-refractivity contribution in [1.82, 2.24) is 14.5 Å². The molecule has 1 aliphatic heterocycles. The topological polar surface area (TPSA) is 126 Å². The van der Waals surface area contributed by atoms with Crippen LogP contribution in [0.15, 0.2) is 67.0 Å². The number of hydrogen-bond donors (Lipinski definition) is 2. The number of anilines is 1. The normalized spacial score (nSPS) is 14.2. The molecule has 0 atom stereocenters. The van der Waals surface area contributed by atoms with Gasteiger partial charge in [0.05, 0.1) is 17.1 Å². The van der Waals surface area contributed by atoms with Gasteiger partial charge in [-0.15, -0.1) is 0 Å². The van der Waals surface area contributed by atoms with Gasteiger partial charge in [0.25, 0.3) is 5.91 Å². The molecule has 0 radical (unpaired) electrons. The second-order valence-corrected chi connectivity index (χ2v) is 9.65. The van der Waals surface area contributed by atoms with Gasteiger partial charge in [0.1, 0.15) is 18.2 Å². The molecular weight excluding hydrogens is 492 g/mol. The number of aromatic nitrogens is 2. The van der Waals surface area contributed by atoms with Crippen molar-refractivity contribution >= 4 is 28.7 Å². The average molecular weight is 523 g/mol. The summed E-state index contributed by atoms with van der Waals surface area (Å²) >= 11 is 0. The highest BCUT2D eigenvalue weighted by Gasteiger charge is 2.20. The number of nitrogens with two attached hydrogens (primary N) is 1. The second-order valence-electron chi connectivity index (χ2n) is 9.65. The minimum atomic E-state index is -0.618. The van der Waals surface area contributed by atoms with Gasteiger partial charge in [0.2, 0.25) is 0 Å². The molecule has 1 aliphatic rings. The van der Waals surface area contributed by atoms with Crippen molar-refractivity contribution in [1.29, 1.82) is 5.26 Å². The van der Waals surface area contributed by atoms with Gasteiger partial charge in [-0.05, 0) is 80.4 Å². The molecular formula is C30H30N6O3. The number of carbonyl (C=O) groups is 2. The van der Waals surface area contributed by atoms with Crippen LogP contribution in [-0.4, -0.2) is 46.0 Å². The fourth-order valence-electron chi connectivity index (χ4n) is 5.05. The van der Waals surface area contributed by atoms with E-state index in [-0.39, 0.29) is 12.5 Å². The summed E-state index contributed by atoms with van der Waals surface area (Å²) in [4.78, 5) is 31.2. The summed E-state index contributed by atoms with van der Waals surface area (Å²) in [5.41, 5.74) is 8.84. The Labute approximate surface area is 226 Å². The molecule has 1 fully saturated rings. The zero-order valence-corrected chi connectivity index (χ0v) is 21.8. The Kier molecular flexibility index (Phi) is 7.57. The van der Waals surface area contributed by atoms with E-state index >= 15 is 0 Å². The van der Waals surface area contributed by atoms with Crippen LogP contribution in [0.1, 0.15) is 52.7 Å². The summed E-state index contributed by atoms with van der Waals surface area (Å²) < 4.78 is 7.21. The zero-order chi connectivity index (χ0) is 27.4. The first-order chi connectivity index (χ1) is 18.9. The Morgan fingerprint density at radius 2 is 1.90 bits per heavy atom. The monoisotopic (exact) mass is 522 g/mol. The molecule has 3 N–H and O–H groups in total. The van der Waals surface area contributed by atoms with Crippen LogP contribution in [0.3, 0.4) is 0 Å². The lowest BCUT2D eigenvalue weighted by Gasteiger charge is -2.31. The number of nitriles is 1. The number of benzene rings is 2. The fourth-order valence-corrected chi connectivity index (χ4v) is 5.05. The van der Waals surface area contributed by atoms with Gasteiger partial charge in [-0.2, -0.15) is 5.26 Å². The number of primary amides is 1. The average Bonchev–Trinajstić information content (AvgIpc) is 3.39. The van der Waals surface area contributed by atoms with Crippen LogP contribution in [0, 0.1) is 11.3 Å². The Hall–Kier alpha value is -4.68. The third kappa shape index (κ3) is 5.76. The number of fused-ring (bicyclic) bond motifs is 1. The summed E-state index contributed by atoms with van der Waals surface area (Å²) in [6.45, 7) is 5.64. The van der Waals surface area contributed by atoms with E-state index in [2.05, 4.69) is 40.3 Å². The first-order valence-electron chi connectivity index (χ1n) is 13.0. The quantitative estimate of drug-likeness (QED) is 0.357. The van der Waals surface area contributed by atoms with Crippen molar-refractivity contribution in [3.8, 4) is 11.8 Å². The number of ether oxygens (including phenoxy) is 1. The van der Waals surface area contributed by atoms with Crippen molar-refractivity contribution in [3.05, 3.63) is 89.2 Å². The molecule has 5 rings (SSSR count). The first-order valence-corrected chi connectivity index (χ1v) is 13.0. The predicted octanol–water partition coefficient (Wildman–Crippen LogP) is 4.87. The molecule has 2 amide bonds. The van der Waals surface area contributed by atoms with Crippen molar-refractivity contribution in [2.45, 2.75) is 32.3 Å². The van der Waals surface area contributed by atoms with Crippen LogP contribution in [0.2, 0.25) is 0 Å². The van der Waals surface area contributed by atoms with E-state index in [0.717, 1.165) is 37.9 Å². The maximum Gasteiger partial charge on any atom is 0.323 e. The number of piperidine rings is 1. The van der Waals surface area contributed by atoms with E-state index in [0.29, 0.717) is 39.7 Å². The van der Waals surface area contributed by atoms with Crippen molar-refractivity contribution < 1.29 is 14.3 Å². The third-order valence-corrected chi connectivity index (χ3v) is 7.32. The first kappa shape index (κ1) is 25.9. The molecule has 9 heteroatoms. The molecule has 0 spiro atoms. The Morgan fingerprint density at radius 1 is 1.13 bits per heavy atom. The molecule has 2 aromatic heterocycles. The summed E-state index contributed by atoms with van der Waals surface area (Å²) in [6, 6.07) is 17.9. The maximum absolute atomic E-state index is 12.9. The van der Waals surface area contributed by atoms with Gasteiger partial charge in [-0.25, -0.2) is 9.78 Å². The minimum absolute atomic E-state index is 0.122. The molecule has 2 aromatic carbocycles. The van der Waals surface area contributed by atoms with Gasteiger partial charge >= 0.3 is 6.03 Å². The Bertz CT molecular complexity index is 1550. The summed E-state index contributed by atoms with van der Waals surface area (Å²) in [5.74, 6) is 1.14. The van der Waals surface area contributed by atoms with Crippen LogP contribution in [0.25, 0.3) is 10.9 Å². The van der Waals surface area contributed by atoms with Crippen LogP contribution in [0.4, 0.5) is 10.6 Å². The van der Waals surface area contributed by atoms with Crippen molar-refractivity contribution in [2.75, 3.05) is 25.0 Å². The van der Waals surface area contributed by atoms with Gasteiger partial charge in [0, 0.05) is 35.0 Å². The molecule has 1 saturated heterocycles.